The van der Waals surface area contributed by atoms with Gasteiger partial charge in [0.15, 0.2) is 0 Å². The summed E-state index contributed by atoms with van der Waals surface area (Å²) in [6, 6.07) is 17.8. The van der Waals surface area contributed by atoms with Crippen LogP contribution >= 0.6 is 11.8 Å². The van der Waals surface area contributed by atoms with E-state index in [2.05, 4.69) is 16.5 Å². The van der Waals surface area contributed by atoms with Crippen molar-refractivity contribution in [1.29, 1.82) is 0 Å². The molecule has 1 N–H and O–H groups in total. The molecule has 0 spiro atoms. The second-order valence-corrected chi connectivity index (χ2v) is 7.98. The largest absolute Gasteiger partial charge is 0.311 e. The van der Waals surface area contributed by atoms with Gasteiger partial charge in [-0.2, -0.15) is 5.10 Å². The summed E-state index contributed by atoms with van der Waals surface area (Å²) < 4.78 is 1.77. The van der Waals surface area contributed by atoms with Crippen LogP contribution in [0, 0.1) is 6.92 Å². The molecule has 1 aliphatic rings. The maximum absolute atomic E-state index is 12.5. The minimum absolute atomic E-state index is 0.0333. The fourth-order valence-electron chi connectivity index (χ4n) is 3.37. The lowest BCUT2D eigenvalue weighted by Gasteiger charge is -2.28. The molecule has 6 nitrogen and oxygen atoms in total. The Morgan fingerprint density at radius 3 is 2.90 bits per heavy atom. The number of hydrogen-bond donors (Lipinski definition) is 1. The molecule has 4 rings (SSSR count). The van der Waals surface area contributed by atoms with E-state index < -0.39 is 0 Å². The van der Waals surface area contributed by atoms with Crippen molar-refractivity contribution in [2.24, 2.45) is 0 Å². The second-order valence-electron chi connectivity index (χ2n) is 6.96. The number of rotatable bonds is 6. The van der Waals surface area contributed by atoms with E-state index in [-0.39, 0.29) is 18.2 Å². The number of thioether (sulfide) groups is 1. The summed E-state index contributed by atoms with van der Waals surface area (Å²) in [6.07, 6.45) is 1.90. The first-order chi connectivity index (χ1) is 14.1. The number of para-hydroxylation sites is 1. The van der Waals surface area contributed by atoms with Gasteiger partial charge in [-0.25, -0.2) is 4.68 Å². The molecule has 29 heavy (non-hydrogen) atoms. The van der Waals surface area contributed by atoms with E-state index in [9.17, 15) is 9.59 Å². The molecule has 0 fully saturated rings. The van der Waals surface area contributed by atoms with Crippen LogP contribution in [0.25, 0.3) is 0 Å². The number of aryl methyl sites for hydroxylation is 1. The normalized spacial score (nSPS) is 13.3. The molecular weight excluding hydrogens is 384 g/mol. The van der Waals surface area contributed by atoms with Crippen molar-refractivity contribution < 1.29 is 9.59 Å². The maximum atomic E-state index is 12.5. The number of hydrogen-bond acceptors (Lipinski definition) is 4. The number of fused-ring (bicyclic) bond motifs is 1. The van der Waals surface area contributed by atoms with Crippen LogP contribution in [-0.4, -0.2) is 33.9 Å². The Morgan fingerprint density at radius 2 is 2.03 bits per heavy atom. The van der Waals surface area contributed by atoms with Crippen molar-refractivity contribution in [3.8, 4) is 0 Å². The van der Waals surface area contributed by atoms with E-state index in [0.29, 0.717) is 24.7 Å². The van der Waals surface area contributed by atoms with Crippen LogP contribution in [-0.2, 0) is 16.1 Å². The zero-order chi connectivity index (χ0) is 20.2. The van der Waals surface area contributed by atoms with Crippen molar-refractivity contribution >= 4 is 35.1 Å². The minimum Gasteiger partial charge on any atom is -0.311 e. The highest BCUT2D eigenvalue weighted by atomic mass is 32.2. The highest BCUT2D eigenvalue weighted by Crippen LogP contribution is 2.34. The van der Waals surface area contributed by atoms with Crippen molar-refractivity contribution in [2.45, 2.75) is 24.8 Å². The van der Waals surface area contributed by atoms with Gasteiger partial charge in [0.25, 0.3) is 0 Å². The number of carbonyl (C=O) groups excluding carboxylic acids is 2. The highest BCUT2D eigenvalue weighted by molar-refractivity contribution is 8.00. The Bertz CT molecular complexity index is 1050. The third-order valence-corrected chi connectivity index (χ3v) is 5.82. The topological polar surface area (TPSA) is 67.2 Å². The smallest absolute Gasteiger partial charge is 0.237 e. The predicted octanol–water partition coefficient (Wildman–Crippen LogP) is 3.71. The van der Waals surface area contributed by atoms with Crippen molar-refractivity contribution in [1.82, 2.24) is 9.78 Å². The van der Waals surface area contributed by atoms with Crippen LogP contribution in [0.15, 0.2) is 65.7 Å². The number of benzene rings is 2. The Hall–Kier alpha value is -3.06. The number of carbonyl (C=O) groups is 2. The van der Waals surface area contributed by atoms with Gasteiger partial charge in [0, 0.05) is 23.9 Å². The van der Waals surface area contributed by atoms with E-state index in [1.54, 1.807) is 21.8 Å². The molecule has 0 bridgehead atoms. The molecule has 1 aliphatic heterocycles. The van der Waals surface area contributed by atoms with Crippen LogP contribution in [0.3, 0.4) is 0 Å². The first-order valence-electron chi connectivity index (χ1n) is 9.49. The zero-order valence-corrected chi connectivity index (χ0v) is 17.0. The molecule has 0 unspecified atom stereocenters. The summed E-state index contributed by atoms with van der Waals surface area (Å²) >= 11 is 1.54. The van der Waals surface area contributed by atoms with Crippen molar-refractivity contribution in [3.63, 3.8) is 0 Å². The summed E-state index contributed by atoms with van der Waals surface area (Å²) in [7, 11) is 0. The molecule has 2 amide bonds. The summed E-state index contributed by atoms with van der Waals surface area (Å²) in [5, 5.41) is 7.24. The SMILES string of the molecule is Cc1cccc(Cn2nccc2NC(=O)CCN2C(=O)CSc3ccccc32)c1. The number of amides is 2. The van der Waals surface area contributed by atoms with E-state index in [4.69, 9.17) is 0 Å². The first-order valence-corrected chi connectivity index (χ1v) is 10.5. The Labute approximate surface area is 173 Å². The Morgan fingerprint density at radius 1 is 1.17 bits per heavy atom. The van der Waals surface area contributed by atoms with Crippen LogP contribution < -0.4 is 10.2 Å². The Balaban J connectivity index is 1.39. The summed E-state index contributed by atoms with van der Waals surface area (Å²) in [5.41, 5.74) is 3.19. The predicted molar refractivity (Wildman–Crippen MR) is 115 cm³/mol. The van der Waals surface area contributed by atoms with Gasteiger partial charge in [0.1, 0.15) is 5.82 Å². The monoisotopic (exact) mass is 406 g/mol. The lowest BCUT2D eigenvalue weighted by molar-refractivity contribution is -0.117. The van der Waals surface area contributed by atoms with E-state index in [0.717, 1.165) is 16.1 Å². The molecule has 0 aliphatic carbocycles. The molecule has 7 heteroatoms. The molecule has 3 aromatic rings. The molecular formula is C22H22N4O2S. The lowest BCUT2D eigenvalue weighted by Crippen LogP contribution is -2.37. The maximum Gasteiger partial charge on any atom is 0.237 e. The average Bonchev–Trinajstić information content (AvgIpc) is 3.13. The first kappa shape index (κ1) is 19.3. The van der Waals surface area contributed by atoms with Gasteiger partial charge >= 0.3 is 0 Å². The van der Waals surface area contributed by atoms with Gasteiger partial charge in [0.05, 0.1) is 24.2 Å². The molecule has 0 saturated heterocycles. The summed E-state index contributed by atoms with van der Waals surface area (Å²) in [4.78, 5) is 27.6. The minimum atomic E-state index is -0.139. The molecule has 0 atom stereocenters. The molecule has 0 radical (unpaired) electrons. The van der Waals surface area contributed by atoms with Crippen molar-refractivity contribution in [2.75, 3.05) is 22.5 Å². The zero-order valence-electron chi connectivity index (χ0n) is 16.2. The summed E-state index contributed by atoms with van der Waals surface area (Å²) in [6.45, 7) is 2.99. The number of anilines is 2. The molecule has 2 aromatic carbocycles. The second kappa shape index (κ2) is 8.53. The van der Waals surface area contributed by atoms with E-state index in [1.807, 2.05) is 49.4 Å². The fraction of sp³-hybridized carbons (Fsp3) is 0.227. The molecule has 0 saturated carbocycles. The third-order valence-electron chi connectivity index (χ3n) is 4.77. The quantitative estimate of drug-likeness (QED) is 0.678. The van der Waals surface area contributed by atoms with E-state index >= 15 is 0 Å². The van der Waals surface area contributed by atoms with Crippen LogP contribution in [0.1, 0.15) is 17.5 Å². The molecule has 148 valence electrons. The lowest BCUT2D eigenvalue weighted by atomic mass is 10.1. The number of nitrogens with zero attached hydrogens (tertiary/aromatic N) is 3. The van der Waals surface area contributed by atoms with Gasteiger partial charge in [-0.3, -0.25) is 9.59 Å². The van der Waals surface area contributed by atoms with E-state index in [1.165, 1.54) is 17.3 Å². The molecule has 2 heterocycles. The van der Waals surface area contributed by atoms with Gasteiger partial charge in [0.2, 0.25) is 11.8 Å². The third kappa shape index (κ3) is 4.51. The van der Waals surface area contributed by atoms with Crippen LogP contribution in [0.2, 0.25) is 0 Å². The van der Waals surface area contributed by atoms with Gasteiger partial charge in [-0.15, -0.1) is 11.8 Å². The Kier molecular flexibility index (Phi) is 5.67. The standard InChI is InChI=1S/C22H22N4O2S/c1-16-5-4-6-17(13-16)14-26-20(9-11-23-26)24-21(27)10-12-25-18-7-2-3-8-19(18)29-15-22(25)28/h2-9,11,13H,10,12,14-15H2,1H3,(H,24,27). The van der Waals surface area contributed by atoms with Gasteiger partial charge in [-0.05, 0) is 24.6 Å². The fourth-order valence-corrected chi connectivity index (χ4v) is 4.30. The number of nitrogens with one attached hydrogen (secondary N) is 1. The average molecular weight is 407 g/mol. The number of aromatic nitrogens is 2. The summed E-state index contributed by atoms with van der Waals surface area (Å²) in [5.74, 6) is 0.949. The highest BCUT2D eigenvalue weighted by Gasteiger charge is 2.24. The van der Waals surface area contributed by atoms with Crippen LogP contribution in [0.4, 0.5) is 11.5 Å². The van der Waals surface area contributed by atoms with Gasteiger partial charge < -0.3 is 10.2 Å². The molecule has 1 aromatic heterocycles. The van der Waals surface area contributed by atoms with Crippen molar-refractivity contribution in [3.05, 3.63) is 71.9 Å². The van der Waals surface area contributed by atoms with Gasteiger partial charge in [-0.1, -0.05) is 42.0 Å². The van der Waals surface area contributed by atoms with Crippen LogP contribution in [0.5, 0.6) is 0 Å².